The molecule has 0 bridgehead atoms. The van der Waals surface area contributed by atoms with Crippen molar-refractivity contribution < 1.29 is 0 Å². The van der Waals surface area contributed by atoms with Crippen LogP contribution in [0.5, 0.6) is 0 Å². The molecule has 5 heteroatoms. The third-order valence-corrected chi connectivity index (χ3v) is 3.73. The van der Waals surface area contributed by atoms with Crippen LogP contribution in [0.15, 0.2) is 48.5 Å². The molecular weight excluding hydrogens is 286 g/mol. The number of nitrogens with one attached hydrogen (secondary N) is 2. The van der Waals surface area contributed by atoms with Crippen LogP contribution in [0.25, 0.3) is 11.4 Å². The van der Waals surface area contributed by atoms with Crippen LogP contribution in [0.4, 0.5) is 11.4 Å². The van der Waals surface area contributed by atoms with E-state index in [1.807, 2.05) is 24.3 Å². The Morgan fingerprint density at radius 2 is 1.96 bits per heavy atom. The summed E-state index contributed by atoms with van der Waals surface area (Å²) in [5, 5.41) is 10.6. The molecule has 0 aliphatic heterocycles. The van der Waals surface area contributed by atoms with Crippen molar-refractivity contribution in [3.05, 3.63) is 59.9 Å². The van der Waals surface area contributed by atoms with E-state index in [-0.39, 0.29) is 0 Å². The second-order valence-corrected chi connectivity index (χ2v) is 5.46. The minimum absolute atomic E-state index is 0.680. The number of hydrogen-bond acceptors (Lipinski definition) is 4. The van der Waals surface area contributed by atoms with Crippen LogP contribution in [0, 0.1) is 0 Å². The monoisotopic (exact) mass is 307 g/mol. The molecule has 2 aromatic carbocycles. The Labute approximate surface area is 136 Å². The van der Waals surface area contributed by atoms with Crippen molar-refractivity contribution in [2.45, 2.75) is 19.8 Å². The van der Waals surface area contributed by atoms with Gasteiger partial charge in [-0.05, 0) is 36.2 Å². The van der Waals surface area contributed by atoms with Crippen molar-refractivity contribution in [2.75, 3.05) is 17.6 Å². The van der Waals surface area contributed by atoms with Crippen LogP contribution in [-0.2, 0) is 12.8 Å². The number of nitrogen functional groups attached to an aromatic ring is 1. The van der Waals surface area contributed by atoms with Crippen molar-refractivity contribution in [3.63, 3.8) is 0 Å². The summed E-state index contributed by atoms with van der Waals surface area (Å²) in [6, 6.07) is 16.1. The molecule has 23 heavy (non-hydrogen) atoms. The van der Waals surface area contributed by atoms with Crippen LogP contribution in [0.1, 0.15) is 18.3 Å². The average molecular weight is 307 g/mol. The van der Waals surface area contributed by atoms with Gasteiger partial charge >= 0.3 is 0 Å². The normalized spacial score (nSPS) is 10.7. The van der Waals surface area contributed by atoms with Crippen LogP contribution in [0.2, 0.25) is 0 Å². The lowest BCUT2D eigenvalue weighted by atomic mass is 10.1. The van der Waals surface area contributed by atoms with Gasteiger partial charge in [-0.3, -0.25) is 5.10 Å². The van der Waals surface area contributed by atoms with Gasteiger partial charge in [-0.1, -0.05) is 31.2 Å². The second kappa shape index (κ2) is 6.96. The van der Waals surface area contributed by atoms with Gasteiger partial charge in [0.2, 0.25) is 0 Å². The summed E-state index contributed by atoms with van der Waals surface area (Å²) in [6.07, 6.45) is 1.84. The zero-order valence-electron chi connectivity index (χ0n) is 13.2. The number of rotatable bonds is 6. The van der Waals surface area contributed by atoms with Gasteiger partial charge in [0.1, 0.15) is 5.82 Å². The molecular formula is C18H21N5. The Morgan fingerprint density at radius 3 is 2.70 bits per heavy atom. The number of benzene rings is 2. The van der Waals surface area contributed by atoms with E-state index in [2.05, 4.69) is 51.7 Å². The van der Waals surface area contributed by atoms with Crippen molar-refractivity contribution in [1.82, 2.24) is 15.2 Å². The highest BCUT2D eigenvalue weighted by Crippen LogP contribution is 2.17. The van der Waals surface area contributed by atoms with Crippen LogP contribution >= 0.6 is 0 Å². The molecule has 5 nitrogen and oxygen atoms in total. The first-order chi connectivity index (χ1) is 11.2. The number of nitrogens with two attached hydrogens (primary N) is 1. The first-order valence-corrected chi connectivity index (χ1v) is 7.84. The molecule has 0 fully saturated rings. The zero-order valence-corrected chi connectivity index (χ0v) is 13.2. The lowest BCUT2D eigenvalue weighted by Gasteiger charge is -2.05. The number of hydrogen-bond donors (Lipinski definition) is 3. The Kier molecular flexibility index (Phi) is 4.57. The van der Waals surface area contributed by atoms with E-state index in [9.17, 15) is 0 Å². The third-order valence-electron chi connectivity index (χ3n) is 3.73. The maximum absolute atomic E-state index is 5.79. The first kappa shape index (κ1) is 15.1. The Morgan fingerprint density at radius 1 is 1.13 bits per heavy atom. The SMILES string of the molecule is CCc1ccc(NCCc2nc(-c3cccc(N)c3)n[nH]2)cc1. The molecule has 3 aromatic rings. The smallest absolute Gasteiger partial charge is 0.181 e. The van der Waals surface area contributed by atoms with Gasteiger partial charge in [0.05, 0.1) is 0 Å². The predicted octanol–water partition coefficient (Wildman–Crippen LogP) is 3.27. The fourth-order valence-electron chi connectivity index (χ4n) is 2.40. The summed E-state index contributed by atoms with van der Waals surface area (Å²) in [4.78, 5) is 4.52. The van der Waals surface area contributed by atoms with Crippen LogP contribution < -0.4 is 11.1 Å². The molecule has 0 saturated carbocycles. The van der Waals surface area contributed by atoms with Gasteiger partial charge in [0.15, 0.2) is 5.82 Å². The molecule has 0 unspecified atom stereocenters. The molecule has 1 aromatic heterocycles. The number of aromatic amines is 1. The lowest BCUT2D eigenvalue weighted by Crippen LogP contribution is -2.06. The van der Waals surface area contributed by atoms with Gasteiger partial charge in [-0.15, -0.1) is 0 Å². The summed E-state index contributed by atoms with van der Waals surface area (Å²) in [6.45, 7) is 2.96. The lowest BCUT2D eigenvalue weighted by molar-refractivity contribution is 0.901. The van der Waals surface area contributed by atoms with Gasteiger partial charge in [0, 0.05) is 29.9 Å². The predicted molar refractivity (Wildman–Crippen MR) is 94.2 cm³/mol. The molecule has 3 rings (SSSR count). The van der Waals surface area contributed by atoms with Gasteiger partial charge in [-0.25, -0.2) is 4.98 Å². The molecule has 0 saturated heterocycles. The maximum atomic E-state index is 5.79. The summed E-state index contributed by atoms with van der Waals surface area (Å²) in [5.74, 6) is 1.54. The Hall–Kier alpha value is -2.82. The summed E-state index contributed by atoms with van der Waals surface area (Å²) < 4.78 is 0. The Bertz CT molecular complexity index is 761. The molecule has 4 N–H and O–H groups in total. The minimum atomic E-state index is 0.680. The molecule has 0 radical (unpaired) electrons. The quantitative estimate of drug-likeness (QED) is 0.611. The second-order valence-electron chi connectivity index (χ2n) is 5.46. The summed E-state index contributed by atoms with van der Waals surface area (Å²) in [7, 11) is 0. The highest BCUT2D eigenvalue weighted by molar-refractivity contribution is 5.60. The largest absolute Gasteiger partial charge is 0.399 e. The average Bonchev–Trinajstić information content (AvgIpc) is 3.04. The number of aromatic nitrogens is 3. The molecule has 118 valence electrons. The topological polar surface area (TPSA) is 79.6 Å². The maximum Gasteiger partial charge on any atom is 0.181 e. The number of nitrogens with zero attached hydrogens (tertiary/aromatic N) is 2. The van der Waals surface area contributed by atoms with Crippen molar-refractivity contribution in [1.29, 1.82) is 0 Å². The first-order valence-electron chi connectivity index (χ1n) is 7.84. The highest BCUT2D eigenvalue weighted by Gasteiger charge is 2.06. The zero-order chi connectivity index (χ0) is 16.1. The van der Waals surface area contributed by atoms with Gasteiger partial charge in [-0.2, -0.15) is 5.10 Å². The number of anilines is 2. The van der Waals surface area contributed by atoms with Crippen LogP contribution in [0.3, 0.4) is 0 Å². The molecule has 0 atom stereocenters. The van der Waals surface area contributed by atoms with E-state index in [1.54, 1.807) is 0 Å². The standard InChI is InChI=1S/C18H21N5/c1-2-13-6-8-16(9-7-13)20-11-10-17-21-18(23-22-17)14-4-3-5-15(19)12-14/h3-9,12,20H,2,10-11,19H2,1H3,(H,21,22,23). The van der Waals surface area contributed by atoms with Gasteiger partial charge < -0.3 is 11.1 Å². The summed E-state index contributed by atoms with van der Waals surface area (Å²) >= 11 is 0. The molecule has 0 amide bonds. The summed E-state index contributed by atoms with van der Waals surface area (Å²) in [5.41, 5.74) is 9.90. The van der Waals surface area contributed by atoms with E-state index in [4.69, 9.17) is 5.73 Å². The van der Waals surface area contributed by atoms with E-state index < -0.39 is 0 Å². The molecule has 0 spiro atoms. The number of aryl methyl sites for hydroxylation is 1. The van der Waals surface area contributed by atoms with Crippen LogP contribution in [-0.4, -0.2) is 21.7 Å². The van der Waals surface area contributed by atoms with E-state index in [0.29, 0.717) is 11.5 Å². The number of H-pyrrole nitrogens is 1. The third kappa shape index (κ3) is 3.88. The van der Waals surface area contributed by atoms with E-state index >= 15 is 0 Å². The molecule has 0 aliphatic carbocycles. The van der Waals surface area contributed by atoms with E-state index in [1.165, 1.54) is 5.56 Å². The highest BCUT2D eigenvalue weighted by atomic mass is 15.2. The van der Waals surface area contributed by atoms with E-state index in [0.717, 1.165) is 36.5 Å². The minimum Gasteiger partial charge on any atom is -0.399 e. The van der Waals surface area contributed by atoms with Crippen molar-refractivity contribution in [3.8, 4) is 11.4 Å². The molecule has 1 heterocycles. The van der Waals surface area contributed by atoms with Crippen molar-refractivity contribution in [2.24, 2.45) is 0 Å². The molecule has 0 aliphatic rings. The van der Waals surface area contributed by atoms with Gasteiger partial charge in [0.25, 0.3) is 0 Å². The Balaban J connectivity index is 1.56. The fourth-order valence-corrected chi connectivity index (χ4v) is 2.40. The fraction of sp³-hybridized carbons (Fsp3) is 0.222. The van der Waals surface area contributed by atoms with Crippen molar-refractivity contribution >= 4 is 11.4 Å².